The zero-order valence-electron chi connectivity index (χ0n) is 9.73. The van der Waals surface area contributed by atoms with Crippen LogP contribution < -0.4 is 4.74 Å². The molecule has 0 amide bonds. The smallest absolute Gasteiger partial charge is 0.469 e. The van der Waals surface area contributed by atoms with Crippen LogP contribution in [0.3, 0.4) is 0 Å². The Morgan fingerprint density at radius 1 is 1.50 bits per heavy atom. The summed E-state index contributed by atoms with van der Waals surface area (Å²) in [5.74, 6) is -4.16. The molecule has 0 radical (unpaired) electrons. The summed E-state index contributed by atoms with van der Waals surface area (Å²) < 4.78 is 56.6. The van der Waals surface area contributed by atoms with Gasteiger partial charge in [-0.3, -0.25) is 14.9 Å². The van der Waals surface area contributed by atoms with E-state index in [1.807, 2.05) is 0 Å². The fraction of sp³-hybridized carbons (Fsp3) is 0.333. The van der Waals surface area contributed by atoms with E-state index in [1.165, 1.54) is 0 Å². The number of nitro groups is 1. The van der Waals surface area contributed by atoms with E-state index in [0.29, 0.717) is 0 Å². The van der Waals surface area contributed by atoms with Gasteiger partial charge >= 0.3 is 12.3 Å². The van der Waals surface area contributed by atoms with Gasteiger partial charge in [0.05, 0.1) is 24.5 Å². The second kappa shape index (κ2) is 5.67. The predicted octanol–water partition coefficient (Wildman–Crippen LogP) is 1.74. The number of esters is 1. The van der Waals surface area contributed by atoms with Crippen molar-refractivity contribution in [1.82, 2.24) is 4.98 Å². The number of carbonyl (C=O) groups excluding carboxylic acids is 1. The second-order valence-electron chi connectivity index (χ2n) is 3.30. The van der Waals surface area contributed by atoms with Gasteiger partial charge in [-0.2, -0.15) is 4.39 Å². The topological polar surface area (TPSA) is 91.6 Å². The maximum atomic E-state index is 13.3. The Morgan fingerprint density at radius 2 is 2.10 bits per heavy atom. The summed E-state index contributed by atoms with van der Waals surface area (Å²) in [5.41, 5.74) is -1.66. The average Bonchev–Trinajstić information content (AvgIpc) is 2.30. The summed E-state index contributed by atoms with van der Waals surface area (Å²) in [6, 6.07) is 0.202. The van der Waals surface area contributed by atoms with Crippen LogP contribution in [0.15, 0.2) is 6.07 Å². The molecule has 110 valence electrons. The van der Waals surface area contributed by atoms with Gasteiger partial charge in [-0.1, -0.05) is 0 Å². The van der Waals surface area contributed by atoms with Crippen LogP contribution in [0.4, 0.5) is 23.2 Å². The van der Waals surface area contributed by atoms with Gasteiger partial charge < -0.3 is 9.47 Å². The lowest BCUT2D eigenvalue weighted by Crippen LogP contribution is -2.19. The minimum Gasteiger partial charge on any atom is -0.469 e. The zero-order valence-corrected chi connectivity index (χ0v) is 9.73. The van der Waals surface area contributed by atoms with E-state index in [2.05, 4.69) is 14.5 Å². The van der Waals surface area contributed by atoms with Crippen molar-refractivity contribution in [2.24, 2.45) is 0 Å². The van der Waals surface area contributed by atoms with Crippen molar-refractivity contribution in [2.75, 3.05) is 7.11 Å². The maximum absolute atomic E-state index is 13.3. The number of methoxy groups -OCH3 is 1. The van der Waals surface area contributed by atoms with E-state index >= 15 is 0 Å². The number of carbonyl (C=O) groups is 1. The fourth-order valence-corrected chi connectivity index (χ4v) is 1.19. The molecule has 1 aromatic heterocycles. The molecule has 0 spiro atoms. The second-order valence-corrected chi connectivity index (χ2v) is 3.30. The minimum absolute atomic E-state index is 0.202. The highest BCUT2D eigenvalue weighted by Gasteiger charge is 2.34. The quantitative estimate of drug-likeness (QED) is 0.276. The molecule has 0 aliphatic rings. The first-order valence-electron chi connectivity index (χ1n) is 4.80. The Labute approximate surface area is 108 Å². The monoisotopic (exact) mass is 298 g/mol. The van der Waals surface area contributed by atoms with Gasteiger partial charge in [-0.25, -0.2) is 4.98 Å². The van der Waals surface area contributed by atoms with Gasteiger partial charge in [0.25, 0.3) is 11.6 Å². The molecule has 0 saturated carbocycles. The van der Waals surface area contributed by atoms with E-state index in [-0.39, 0.29) is 6.07 Å². The van der Waals surface area contributed by atoms with Crippen molar-refractivity contribution in [3.8, 4) is 5.75 Å². The molecule has 0 bridgehead atoms. The molecule has 0 saturated heterocycles. The molecule has 7 nitrogen and oxygen atoms in total. The predicted molar refractivity (Wildman–Crippen MR) is 53.3 cm³/mol. The highest BCUT2D eigenvalue weighted by atomic mass is 19.4. The SMILES string of the molecule is COC(=O)Cc1nc(F)c(OC(F)(F)F)cc1[N+](=O)[O-]. The standard InChI is InChI=1S/C9H6F4N2O5/c1-19-7(16)2-4-5(15(17)18)3-6(8(10)14-4)20-9(11,12)13/h3H,2H2,1H3. The van der Waals surface area contributed by atoms with E-state index in [1.54, 1.807) is 0 Å². The minimum atomic E-state index is -5.24. The largest absolute Gasteiger partial charge is 0.573 e. The molecule has 1 rings (SSSR count). The van der Waals surface area contributed by atoms with E-state index < -0.39 is 46.8 Å². The van der Waals surface area contributed by atoms with E-state index in [0.717, 1.165) is 7.11 Å². The highest BCUT2D eigenvalue weighted by molar-refractivity contribution is 5.73. The van der Waals surface area contributed by atoms with Crippen LogP contribution in [-0.4, -0.2) is 29.3 Å². The van der Waals surface area contributed by atoms with Crippen molar-refractivity contribution in [3.05, 3.63) is 27.8 Å². The first-order chi connectivity index (χ1) is 9.14. The number of pyridine rings is 1. The lowest BCUT2D eigenvalue weighted by Gasteiger charge is -2.10. The lowest BCUT2D eigenvalue weighted by atomic mass is 10.2. The van der Waals surface area contributed by atoms with Gasteiger partial charge in [0.1, 0.15) is 5.69 Å². The Morgan fingerprint density at radius 3 is 2.55 bits per heavy atom. The van der Waals surface area contributed by atoms with Crippen LogP contribution in [0.1, 0.15) is 5.69 Å². The van der Waals surface area contributed by atoms with Gasteiger partial charge in [-0.15, -0.1) is 13.2 Å². The normalized spacial score (nSPS) is 11.1. The average molecular weight is 298 g/mol. The number of hydrogen-bond donors (Lipinski definition) is 0. The fourth-order valence-electron chi connectivity index (χ4n) is 1.19. The molecule has 20 heavy (non-hydrogen) atoms. The van der Waals surface area contributed by atoms with Crippen molar-refractivity contribution in [3.63, 3.8) is 0 Å². The van der Waals surface area contributed by atoms with E-state index in [9.17, 15) is 32.5 Å². The van der Waals surface area contributed by atoms with Crippen molar-refractivity contribution >= 4 is 11.7 Å². The highest BCUT2D eigenvalue weighted by Crippen LogP contribution is 2.30. The number of rotatable bonds is 4. The third-order valence-corrected chi connectivity index (χ3v) is 1.96. The van der Waals surface area contributed by atoms with Crippen molar-refractivity contribution in [1.29, 1.82) is 0 Å². The Hall–Kier alpha value is -2.46. The number of hydrogen-bond acceptors (Lipinski definition) is 6. The summed E-state index contributed by atoms with van der Waals surface area (Å²) in [7, 11) is 0.978. The molecule has 0 aromatic carbocycles. The van der Waals surface area contributed by atoms with Crippen molar-refractivity contribution < 1.29 is 36.8 Å². The zero-order chi connectivity index (χ0) is 15.5. The number of alkyl halides is 3. The van der Waals surface area contributed by atoms with Crippen LogP contribution in [0.5, 0.6) is 5.75 Å². The van der Waals surface area contributed by atoms with Crippen LogP contribution in [0, 0.1) is 16.1 Å². The summed E-state index contributed by atoms with van der Waals surface area (Å²) in [6.07, 6.45) is -6.00. The lowest BCUT2D eigenvalue weighted by molar-refractivity contribution is -0.386. The van der Waals surface area contributed by atoms with Crippen molar-refractivity contribution in [2.45, 2.75) is 12.8 Å². The molecule has 1 aromatic rings. The number of aromatic nitrogens is 1. The molecule has 0 fully saturated rings. The number of halogens is 4. The summed E-state index contributed by atoms with van der Waals surface area (Å²) in [6.45, 7) is 0. The third-order valence-electron chi connectivity index (χ3n) is 1.96. The summed E-state index contributed by atoms with van der Waals surface area (Å²) in [5, 5.41) is 10.7. The van der Waals surface area contributed by atoms with Crippen LogP contribution >= 0.6 is 0 Å². The molecule has 11 heteroatoms. The first kappa shape index (κ1) is 15.6. The van der Waals surface area contributed by atoms with Crippen LogP contribution in [0.25, 0.3) is 0 Å². The number of nitrogens with zero attached hydrogens (tertiary/aromatic N) is 2. The molecular formula is C9H6F4N2O5. The molecule has 0 N–H and O–H groups in total. The maximum Gasteiger partial charge on any atom is 0.573 e. The van der Waals surface area contributed by atoms with E-state index in [4.69, 9.17) is 0 Å². The Balaban J connectivity index is 3.24. The van der Waals surface area contributed by atoms with Crippen LogP contribution in [0.2, 0.25) is 0 Å². The van der Waals surface area contributed by atoms with Gasteiger partial charge in [-0.05, 0) is 0 Å². The van der Waals surface area contributed by atoms with Gasteiger partial charge in [0, 0.05) is 0 Å². The van der Waals surface area contributed by atoms with Crippen LogP contribution in [-0.2, 0) is 16.0 Å². The van der Waals surface area contributed by atoms with Gasteiger partial charge in [0.2, 0.25) is 0 Å². The molecule has 0 aliphatic heterocycles. The molecule has 1 heterocycles. The number of ether oxygens (including phenoxy) is 2. The Kier molecular flexibility index (Phi) is 4.42. The molecule has 0 aliphatic carbocycles. The summed E-state index contributed by atoms with van der Waals surface area (Å²) in [4.78, 5) is 23.5. The first-order valence-corrected chi connectivity index (χ1v) is 4.80. The Bertz CT molecular complexity index is 546. The molecule has 0 unspecified atom stereocenters. The third kappa shape index (κ3) is 4.03. The molecular weight excluding hydrogens is 292 g/mol. The van der Waals surface area contributed by atoms with Gasteiger partial charge in [0.15, 0.2) is 5.75 Å². The molecule has 0 atom stereocenters. The summed E-state index contributed by atoms with van der Waals surface area (Å²) >= 11 is 0.